The van der Waals surface area contributed by atoms with Gasteiger partial charge in [-0.25, -0.2) is 0 Å². The van der Waals surface area contributed by atoms with Crippen molar-refractivity contribution < 1.29 is 24.9 Å². The molecule has 1 aromatic rings. The summed E-state index contributed by atoms with van der Waals surface area (Å²) in [6.45, 7) is 5.35. The van der Waals surface area contributed by atoms with Crippen molar-refractivity contribution in [1.82, 2.24) is 5.32 Å². The van der Waals surface area contributed by atoms with Gasteiger partial charge in [-0.15, -0.1) is 0 Å². The molecule has 1 fully saturated rings. The van der Waals surface area contributed by atoms with Crippen molar-refractivity contribution in [3.8, 4) is 5.75 Å². The Morgan fingerprint density at radius 3 is 2.41 bits per heavy atom. The second kappa shape index (κ2) is 8.68. The molecule has 4 N–H and O–H groups in total. The molecular formula is C21H25NO5. The Morgan fingerprint density at radius 2 is 1.81 bits per heavy atom. The van der Waals surface area contributed by atoms with Gasteiger partial charge in [0.15, 0.2) is 5.78 Å². The maximum absolute atomic E-state index is 12.5. The third-order valence-electron chi connectivity index (χ3n) is 4.52. The summed E-state index contributed by atoms with van der Waals surface area (Å²) < 4.78 is 0. The Bertz CT molecular complexity index is 802. The molecule has 2 rings (SSSR count). The van der Waals surface area contributed by atoms with Crippen LogP contribution in [-0.2, 0) is 16.0 Å². The minimum absolute atomic E-state index is 0.0597. The van der Waals surface area contributed by atoms with Crippen LogP contribution in [0.1, 0.15) is 26.3 Å². The van der Waals surface area contributed by atoms with E-state index in [0.29, 0.717) is 0 Å². The lowest BCUT2D eigenvalue weighted by Gasteiger charge is -2.09. The van der Waals surface area contributed by atoms with Crippen molar-refractivity contribution in [2.75, 3.05) is 0 Å². The number of hydrogen-bond acceptors (Lipinski definition) is 5. The number of aliphatic hydroxyl groups excluding tert-OH is 2. The number of carbonyl (C=O) groups is 2. The number of aromatic hydroxyl groups is 1. The highest BCUT2D eigenvalue weighted by molar-refractivity contribution is 6.27. The van der Waals surface area contributed by atoms with E-state index in [1.807, 2.05) is 13.0 Å². The average Bonchev–Trinajstić information content (AvgIpc) is 2.88. The summed E-state index contributed by atoms with van der Waals surface area (Å²) in [6, 6.07) is 5.62. The van der Waals surface area contributed by atoms with E-state index in [1.165, 1.54) is 18.2 Å². The summed E-state index contributed by atoms with van der Waals surface area (Å²) >= 11 is 0. The molecule has 0 unspecified atom stereocenters. The fraction of sp³-hybridized carbons (Fsp3) is 0.333. The second-order valence-corrected chi connectivity index (χ2v) is 6.86. The zero-order valence-electron chi connectivity index (χ0n) is 15.6. The molecule has 27 heavy (non-hydrogen) atoms. The highest BCUT2D eigenvalue weighted by Crippen LogP contribution is 2.20. The van der Waals surface area contributed by atoms with Crippen molar-refractivity contribution in [2.45, 2.75) is 39.3 Å². The van der Waals surface area contributed by atoms with Crippen LogP contribution < -0.4 is 5.32 Å². The number of ketones is 1. The standard InChI is InChI=1S/C21H25NO5/c1-12(10-13(2)14(3)23)4-9-18(25)19-20(26)17(22-21(19)27)11-15-5-7-16(24)8-6-15/h4-10,13-14,17,23-25H,11H2,1-3H3,(H,22,27)/b9-4+,12-10+,19-18?/t13-,14-,17-/m0/s1. The lowest BCUT2D eigenvalue weighted by molar-refractivity contribution is -0.117. The topological polar surface area (TPSA) is 107 Å². The van der Waals surface area contributed by atoms with Crippen LogP contribution in [0.5, 0.6) is 5.75 Å². The maximum atomic E-state index is 12.5. The number of nitrogens with one attached hydrogen (secondary N) is 1. The Morgan fingerprint density at radius 1 is 1.19 bits per heavy atom. The predicted molar refractivity (Wildman–Crippen MR) is 102 cm³/mol. The number of phenols is 1. The third-order valence-corrected chi connectivity index (χ3v) is 4.52. The lowest BCUT2D eigenvalue weighted by atomic mass is 10.0. The molecular weight excluding hydrogens is 346 g/mol. The van der Waals surface area contributed by atoms with E-state index >= 15 is 0 Å². The van der Waals surface area contributed by atoms with E-state index in [2.05, 4.69) is 5.32 Å². The van der Waals surface area contributed by atoms with Gasteiger partial charge in [0.05, 0.1) is 12.1 Å². The van der Waals surface area contributed by atoms with Crippen molar-refractivity contribution in [3.63, 3.8) is 0 Å². The highest BCUT2D eigenvalue weighted by atomic mass is 16.3. The normalized spacial score (nSPS) is 22.1. The van der Waals surface area contributed by atoms with Gasteiger partial charge in [-0.2, -0.15) is 0 Å². The Hall–Kier alpha value is -2.86. The predicted octanol–water partition coefficient (Wildman–Crippen LogP) is 2.33. The van der Waals surface area contributed by atoms with Crippen LogP contribution in [0.3, 0.4) is 0 Å². The molecule has 144 valence electrons. The van der Waals surface area contributed by atoms with Crippen molar-refractivity contribution >= 4 is 11.7 Å². The van der Waals surface area contributed by atoms with Gasteiger partial charge < -0.3 is 20.6 Å². The first-order valence-electron chi connectivity index (χ1n) is 8.79. The zero-order valence-corrected chi connectivity index (χ0v) is 15.6. The van der Waals surface area contributed by atoms with Crippen LogP contribution in [0.25, 0.3) is 0 Å². The summed E-state index contributed by atoms with van der Waals surface area (Å²) in [5.41, 5.74) is 1.32. The zero-order chi connectivity index (χ0) is 20.1. The molecule has 3 atom stereocenters. The first-order valence-corrected chi connectivity index (χ1v) is 8.79. The van der Waals surface area contributed by atoms with E-state index in [9.17, 15) is 24.9 Å². The summed E-state index contributed by atoms with van der Waals surface area (Å²) in [5.74, 6) is -1.39. The molecule has 0 aromatic heterocycles. The van der Waals surface area contributed by atoms with Crippen molar-refractivity contribution in [1.29, 1.82) is 0 Å². The van der Waals surface area contributed by atoms with Crippen LogP contribution in [0, 0.1) is 5.92 Å². The fourth-order valence-corrected chi connectivity index (χ4v) is 2.74. The van der Waals surface area contributed by atoms with Gasteiger partial charge in [-0.05, 0) is 37.6 Å². The van der Waals surface area contributed by atoms with Crippen LogP contribution in [-0.4, -0.2) is 39.2 Å². The quantitative estimate of drug-likeness (QED) is 0.266. The fourth-order valence-electron chi connectivity index (χ4n) is 2.74. The Balaban J connectivity index is 2.14. The highest BCUT2D eigenvalue weighted by Gasteiger charge is 2.37. The van der Waals surface area contributed by atoms with E-state index < -0.39 is 23.8 Å². The van der Waals surface area contributed by atoms with Gasteiger partial charge in [0.25, 0.3) is 5.91 Å². The molecule has 0 radical (unpaired) electrons. The van der Waals surface area contributed by atoms with E-state index in [4.69, 9.17) is 0 Å². The number of aliphatic hydroxyl groups is 2. The molecule has 0 bridgehead atoms. The molecule has 6 nitrogen and oxygen atoms in total. The first kappa shape index (κ1) is 20.5. The van der Waals surface area contributed by atoms with Gasteiger partial charge in [0.2, 0.25) is 0 Å². The van der Waals surface area contributed by atoms with Gasteiger partial charge >= 0.3 is 0 Å². The number of amides is 1. The molecule has 0 aliphatic carbocycles. The Labute approximate surface area is 158 Å². The van der Waals surface area contributed by atoms with Crippen LogP contribution in [0.4, 0.5) is 0 Å². The van der Waals surface area contributed by atoms with Gasteiger partial charge in [-0.1, -0.05) is 36.8 Å². The smallest absolute Gasteiger partial charge is 0.259 e. The summed E-state index contributed by atoms with van der Waals surface area (Å²) in [5, 5.41) is 31.6. The van der Waals surface area contributed by atoms with Crippen molar-refractivity contribution in [3.05, 3.63) is 65.0 Å². The maximum Gasteiger partial charge on any atom is 0.259 e. The largest absolute Gasteiger partial charge is 0.508 e. The number of phenolic OH excluding ortho intramolecular Hbond substituents is 1. The Kier molecular flexibility index (Phi) is 6.58. The SMILES string of the molecule is CC(/C=C/C(O)=C1C(=O)N[C@@H](Cc2ccc(O)cc2)C1=O)=C\[C@H](C)[C@H](C)O. The van der Waals surface area contributed by atoms with Gasteiger partial charge in [0.1, 0.15) is 17.1 Å². The van der Waals surface area contributed by atoms with Crippen LogP contribution >= 0.6 is 0 Å². The molecule has 1 aliphatic heterocycles. The monoisotopic (exact) mass is 371 g/mol. The van der Waals surface area contributed by atoms with Gasteiger partial charge in [0, 0.05) is 12.3 Å². The first-order chi connectivity index (χ1) is 12.7. The lowest BCUT2D eigenvalue weighted by Crippen LogP contribution is -2.31. The van der Waals surface area contributed by atoms with Crippen LogP contribution in [0.15, 0.2) is 59.4 Å². The minimum Gasteiger partial charge on any atom is -0.508 e. The van der Waals surface area contributed by atoms with Crippen molar-refractivity contribution in [2.24, 2.45) is 5.92 Å². The van der Waals surface area contributed by atoms with Gasteiger partial charge in [-0.3, -0.25) is 9.59 Å². The summed E-state index contributed by atoms with van der Waals surface area (Å²) in [7, 11) is 0. The molecule has 6 heteroatoms. The third kappa shape index (κ3) is 5.31. The molecule has 1 aromatic carbocycles. The number of benzene rings is 1. The van der Waals surface area contributed by atoms with E-state index in [-0.39, 0.29) is 29.4 Å². The summed E-state index contributed by atoms with van der Waals surface area (Å²) in [6.07, 6.45) is 4.52. The summed E-state index contributed by atoms with van der Waals surface area (Å²) in [4.78, 5) is 24.6. The molecule has 1 heterocycles. The van der Waals surface area contributed by atoms with E-state index in [1.54, 1.807) is 32.1 Å². The van der Waals surface area contributed by atoms with E-state index in [0.717, 1.165) is 11.1 Å². The number of allylic oxidation sites excluding steroid dienone is 3. The second-order valence-electron chi connectivity index (χ2n) is 6.86. The minimum atomic E-state index is -0.750. The molecule has 0 saturated carbocycles. The molecule has 1 saturated heterocycles. The molecule has 0 spiro atoms. The number of hydrogen-bond donors (Lipinski definition) is 4. The molecule has 1 amide bonds. The number of Topliss-reactive ketones (excluding diaryl/α,β-unsaturated/α-hetero) is 1. The number of carbonyl (C=O) groups excluding carboxylic acids is 2. The van der Waals surface area contributed by atoms with Crippen LogP contribution in [0.2, 0.25) is 0 Å². The molecule has 1 aliphatic rings. The average molecular weight is 371 g/mol. The number of rotatable bonds is 6.